The maximum atomic E-state index is 11.6. The summed E-state index contributed by atoms with van der Waals surface area (Å²) in [4.78, 5) is 11.6. The SMILES string of the molecule is C=Cc1ccc(CC)c(NC(=O)/N=[SH](/C)=O)c1NC. The summed E-state index contributed by atoms with van der Waals surface area (Å²) >= 11 is 0. The molecule has 0 saturated carbocycles. The Morgan fingerprint density at radius 1 is 1.47 bits per heavy atom. The molecule has 104 valence electrons. The third kappa shape index (κ3) is 3.82. The number of rotatable bonds is 4. The van der Waals surface area contributed by atoms with Crippen molar-refractivity contribution >= 4 is 34.1 Å². The Hall–Kier alpha value is -1.82. The number of nitrogens with one attached hydrogen (secondary N) is 2. The molecule has 2 N–H and O–H groups in total. The van der Waals surface area contributed by atoms with Gasteiger partial charge in [-0.2, -0.15) is 0 Å². The van der Waals surface area contributed by atoms with Crippen molar-refractivity contribution in [1.82, 2.24) is 0 Å². The number of hydrogen-bond acceptors (Lipinski definition) is 3. The van der Waals surface area contributed by atoms with Crippen molar-refractivity contribution in [1.29, 1.82) is 0 Å². The first-order valence-corrected chi connectivity index (χ1v) is 7.59. The summed E-state index contributed by atoms with van der Waals surface area (Å²) in [5.41, 5.74) is 3.30. The Bertz CT molecular complexity index is 575. The molecule has 2 amide bonds. The molecule has 0 fully saturated rings. The fourth-order valence-electron chi connectivity index (χ4n) is 1.80. The maximum Gasteiger partial charge on any atom is 0.353 e. The van der Waals surface area contributed by atoms with Crippen LogP contribution in [0, 0.1) is 0 Å². The van der Waals surface area contributed by atoms with E-state index in [-0.39, 0.29) is 0 Å². The Balaban J connectivity index is 3.29. The van der Waals surface area contributed by atoms with Gasteiger partial charge < -0.3 is 10.6 Å². The normalized spacial score (nSPS) is 11.9. The summed E-state index contributed by atoms with van der Waals surface area (Å²) in [7, 11) is -0.0801. The highest BCUT2D eigenvalue weighted by atomic mass is 32.2. The van der Waals surface area contributed by atoms with Gasteiger partial charge in [0.2, 0.25) is 0 Å². The van der Waals surface area contributed by atoms with E-state index in [1.165, 1.54) is 6.26 Å². The largest absolute Gasteiger partial charge is 0.386 e. The molecule has 1 aromatic carbocycles. The molecule has 1 unspecified atom stereocenters. The first-order valence-electron chi connectivity index (χ1n) is 5.93. The van der Waals surface area contributed by atoms with Crippen LogP contribution in [-0.2, 0) is 17.0 Å². The van der Waals surface area contributed by atoms with Crippen LogP contribution in [0.15, 0.2) is 23.1 Å². The zero-order chi connectivity index (χ0) is 14.4. The van der Waals surface area contributed by atoms with Crippen LogP contribution in [0.25, 0.3) is 6.08 Å². The fraction of sp³-hybridized carbons (Fsp3) is 0.308. The van der Waals surface area contributed by atoms with Gasteiger partial charge in [0, 0.05) is 23.9 Å². The molecule has 5 nitrogen and oxygen atoms in total. The van der Waals surface area contributed by atoms with Crippen molar-refractivity contribution in [3.05, 3.63) is 29.8 Å². The second kappa shape index (κ2) is 6.94. The van der Waals surface area contributed by atoms with E-state index in [1.54, 1.807) is 13.1 Å². The van der Waals surface area contributed by atoms with E-state index < -0.39 is 16.6 Å². The van der Waals surface area contributed by atoms with E-state index in [1.807, 2.05) is 19.1 Å². The fourth-order valence-corrected chi connectivity index (χ4v) is 2.10. The van der Waals surface area contributed by atoms with Gasteiger partial charge in [-0.3, -0.25) is 4.21 Å². The smallest absolute Gasteiger partial charge is 0.353 e. The zero-order valence-corrected chi connectivity index (χ0v) is 12.3. The Labute approximate surface area is 115 Å². The molecule has 0 aliphatic rings. The van der Waals surface area contributed by atoms with Gasteiger partial charge in [0.15, 0.2) is 0 Å². The molecule has 0 saturated heterocycles. The second-order valence-corrected chi connectivity index (χ2v) is 4.99. The van der Waals surface area contributed by atoms with Crippen LogP contribution in [-0.4, -0.2) is 23.5 Å². The number of urea groups is 1. The topological polar surface area (TPSA) is 70.6 Å². The molecule has 1 aromatic rings. The molecular formula is C13H19N3O2S. The van der Waals surface area contributed by atoms with Crippen molar-refractivity contribution in [3.8, 4) is 0 Å². The van der Waals surface area contributed by atoms with Crippen molar-refractivity contribution < 1.29 is 9.00 Å². The van der Waals surface area contributed by atoms with E-state index in [0.29, 0.717) is 5.69 Å². The minimum absolute atomic E-state index is 0.601. The van der Waals surface area contributed by atoms with Crippen molar-refractivity contribution in [2.24, 2.45) is 4.36 Å². The third-order valence-corrected chi connectivity index (χ3v) is 3.10. The van der Waals surface area contributed by atoms with Gasteiger partial charge in [-0.05, 0) is 17.5 Å². The van der Waals surface area contributed by atoms with Gasteiger partial charge in [-0.15, -0.1) is 4.36 Å². The first kappa shape index (κ1) is 15.2. The number of carbonyl (C=O) groups excluding carboxylic acids is 1. The number of benzene rings is 1. The molecule has 0 spiro atoms. The molecule has 0 aliphatic heterocycles. The monoisotopic (exact) mass is 281 g/mol. The maximum absolute atomic E-state index is 11.6. The quantitative estimate of drug-likeness (QED) is 0.743. The number of thiol groups is 1. The van der Waals surface area contributed by atoms with Crippen molar-refractivity contribution in [2.45, 2.75) is 13.3 Å². The Morgan fingerprint density at radius 3 is 2.63 bits per heavy atom. The van der Waals surface area contributed by atoms with Crippen molar-refractivity contribution in [3.63, 3.8) is 0 Å². The molecular weight excluding hydrogens is 262 g/mol. The summed E-state index contributed by atoms with van der Waals surface area (Å²) in [6, 6.07) is 3.26. The summed E-state index contributed by atoms with van der Waals surface area (Å²) in [6.45, 7) is 5.74. The van der Waals surface area contributed by atoms with Crippen LogP contribution in [0.4, 0.5) is 16.2 Å². The number of aryl methyl sites for hydroxylation is 1. The number of nitrogens with zero attached hydrogens (tertiary/aromatic N) is 1. The molecule has 6 heteroatoms. The summed E-state index contributed by atoms with van der Waals surface area (Å²) in [5, 5.41) is 5.74. The van der Waals surface area contributed by atoms with Crippen LogP contribution in [0.2, 0.25) is 0 Å². The predicted octanol–water partition coefficient (Wildman–Crippen LogP) is 2.76. The first-order chi connectivity index (χ1) is 9.03. The molecule has 0 heterocycles. The van der Waals surface area contributed by atoms with Gasteiger partial charge in [0.05, 0.1) is 11.4 Å². The minimum Gasteiger partial charge on any atom is -0.386 e. The number of carbonyl (C=O) groups is 1. The van der Waals surface area contributed by atoms with Gasteiger partial charge in [0.1, 0.15) is 0 Å². The average molecular weight is 281 g/mol. The van der Waals surface area contributed by atoms with Crippen LogP contribution >= 0.6 is 0 Å². The number of amides is 2. The lowest BCUT2D eigenvalue weighted by Gasteiger charge is -2.16. The van der Waals surface area contributed by atoms with Crippen LogP contribution < -0.4 is 10.6 Å². The Morgan fingerprint density at radius 2 is 2.16 bits per heavy atom. The number of anilines is 2. The van der Waals surface area contributed by atoms with E-state index in [9.17, 15) is 9.00 Å². The highest BCUT2D eigenvalue weighted by Gasteiger charge is 2.12. The van der Waals surface area contributed by atoms with Gasteiger partial charge in [-0.1, -0.05) is 31.7 Å². The van der Waals surface area contributed by atoms with Crippen LogP contribution in [0.3, 0.4) is 0 Å². The number of hydrogen-bond donors (Lipinski definition) is 3. The van der Waals surface area contributed by atoms with E-state index >= 15 is 0 Å². The van der Waals surface area contributed by atoms with Crippen LogP contribution in [0.1, 0.15) is 18.1 Å². The molecule has 0 aliphatic carbocycles. The summed E-state index contributed by atoms with van der Waals surface area (Å²) in [5.74, 6) is 0. The van der Waals surface area contributed by atoms with E-state index in [2.05, 4.69) is 21.6 Å². The average Bonchev–Trinajstić information content (AvgIpc) is 2.37. The molecule has 19 heavy (non-hydrogen) atoms. The van der Waals surface area contributed by atoms with Gasteiger partial charge in [0.25, 0.3) is 0 Å². The molecule has 1 atom stereocenters. The standard InChI is InChI=1S/C13H19N3O2S/c1-5-9-7-8-10(6-2)12(11(9)14-3)15-13(17)16-19(4)18/h5,7-8,14,19H,1,6H2,2-4H3,(H,15,17). The van der Waals surface area contributed by atoms with Gasteiger partial charge in [-0.25, -0.2) is 4.79 Å². The molecule has 0 aromatic heterocycles. The van der Waals surface area contributed by atoms with E-state index in [0.717, 1.165) is 23.2 Å². The lowest BCUT2D eigenvalue weighted by Crippen LogP contribution is -2.11. The van der Waals surface area contributed by atoms with Gasteiger partial charge >= 0.3 is 6.03 Å². The highest BCUT2D eigenvalue weighted by Crippen LogP contribution is 2.31. The summed E-state index contributed by atoms with van der Waals surface area (Å²) < 4.78 is 14.4. The molecule has 0 radical (unpaired) electrons. The lowest BCUT2D eigenvalue weighted by atomic mass is 10.0. The Kier molecular flexibility index (Phi) is 5.57. The zero-order valence-electron chi connectivity index (χ0n) is 11.4. The predicted molar refractivity (Wildman–Crippen MR) is 82.4 cm³/mol. The minimum atomic E-state index is -1.85. The third-order valence-electron chi connectivity index (χ3n) is 2.64. The van der Waals surface area contributed by atoms with Crippen LogP contribution in [0.5, 0.6) is 0 Å². The highest BCUT2D eigenvalue weighted by molar-refractivity contribution is 7.74. The second-order valence-electron chi connectivity index (χ2n) is 3.87. The molecule has 1 rings (SSSR count). The molecule has 0 bridgehead atoms. The summed E-state index contributed by atoms with van der Waals surface area (Å²) in [6.07, 6.45) is 3.85. The lowest BCUT2D eigenvalue weighted by molar-refractivity contribution is 0.260. The van der Waals surface area contributed by atoms with E-state index in [4.69, 9.17) is 0 Å². The van der Waals surface area contributed by atoms with Crippen molar-refractivity contribution in [2.75, 3.05) is 23.9 Å².